The lowest BCUT2D eigenvalue weighted by molar-refractivity contribution is -0.138. The van der Waals surface area contributed by atoms with Crippen molar-refractivity contribution in [2.75, 3.05) is 5.88 Å². The van der Waals surface area contributed by atoms with Crippen LogP contribution in [-0.4, -0.2) is 23.0 Å². The van der Waals surface area contributed by atoms with Crippen molar-refractivity contribution in [2.45, 2.75) is 12.5 Å². The van der Waals surface area contributed by atoms with Crippen LogP contribution in [0.4, 0.5) is 0 Å². The lowest BCUT2D eigenvalue weighted by Gasteiger charge is -1.99. The molecule has 0 aromatic heterocycles. The first-order valence-corrected chi connectivity index (χ1v) is 3.41. The molecule has 0 aromatic carbocycles. The summed E-state index contributed by atoms with van der Waals surface area (Å²) >= 11 is 5.29. The monoisotopic (exact) mass is 163 g/mol. The van der Waals surface area contributed by atoms with Crippen molar-refractivity contribution in [3.63, 3.8) is 0 Å². The zero-order chi connectivity index (χ0) is 7.98. The van der Waals surface area contributed by atoms with Gasteiger partial charge in [0.1, 0.15) is 6.04 Å². The Hall–Kier alpha value is -0.540. The molecular formula is C6H10ClNO2. The predicted molar refractivity (Wildman–Crippen MR) is 40.1 cm³/mol. The second-order valence-electron chi connectivity index (χ2n) is 1.81. The highest BCUT2D eigenvalue weighted by molar-refractivity contribution is 6.18. The molecule has 0 unspecified atom stereocenters. The first-order valence-electron chi connectivity index (χ1n) is 2.88. The fourth-order valence-electron chi connectivity index (χ4n) is 0.407. The number of carboxylic acids is 1. The van der Waals surface area contributed by atoms with Crippen molar-refractivity contribution in [3.8, 4) is 0 Å². The van der Waals surface area contributed by atoms with Gasteiger partial charge < -0.3 is 10.8 Å². The molecule has 0 heterocycles. The number of hydrogen-bond donors (Lipinski definition) is 2. The zero-order valence-corrected chi connectivity index (χ0v) is 6.21. The molecule has 0 amide bonds. The van der Waals surface area contributed by atoms with Crippen molar-refractivity contribution >= 4 is 17.6 Å². The molecule has 4 heteroatoms. The van der Waals surface area contributed by atoms with Crippen molar-refractivity contribution < 1.29 is 9.90 Å². The standard InChI is InChI=1S/C6H10ClNO2/c7-4-2-1-3-5(8)6(9)10/h1-2,5H,3-4,8H2,(H,9,10)/t5-/m0/s1. The molecule has 0 spiro atoms. The molecular weight excluding hydrogens is 154 g/mol. The van der Waals surface area contributed by atoms with Crippen LogP contribution in [0.1, 0.15) is 6.42 Å². The molecule has 1 atom stereocenters. The van der Waals surface area contributed by atoms with Gasteiger partial charge in [-0.1, -0.05) is 12.2 Å². The molecule has 0 rings (SSSR count). The molecule has 3 nitrogen and oxygen atoms in total. The predicted octanol–water partition coefficient (Wildman–Crippen LogP) is 0.583. The Balaban J connectivity index is 3.48. The molecule has 0 saturated carbocycles. The maximum absolute atomic E-state index is 10.1. The number of alkyl halides is 1. The lowest BCUT2D eigenvalue weighted by Crippen LogP contribution is -2.29. The van der Waals surface area contributed by atoms with Crippen LogP contribution in [0.15, 0.2) is 12.2 Å². The van der Waals surface area contributed by atoms with Crippen LogP contribution in [0.25, 0.3) is 0 Å². The van der Waals surface area contributed by atoms with E-state index in [0.29, 0.717) is 12.3 Å². The minimum absolute atomic E-state index is 0.335. The SMILES string of the molecule is N[C@@H](CC=CCCl)C(=O)O. The van der Waals surface area contributed by atoms with Crippen LogP contribution in [0, 0.1) is 0 Å². The quantitative estimate of drug-likeness (QED) is 0.471. The summed E-state index contributed by atoms with van der Waals surface area (Å²) < 4.78 is 0. The maximum atomic E-state index is 10.1. The van der Waals surface area contributed by atoms with Crippen molar-refractivity contribution in [1.82, 2.24) is 0 Å². The van der Waals surface area contributed by atoms with Crippen LogP contribution >= 0.6 is 11.6 Å². The summed E-state index contributed by atoms with van der Waals surface area (Å²) in [5.74, 6) is -0.592. The van der Waals surface area contributed by atoms with Crippen LogP contribution in [0.3, 0.4) is 0 Å². The second kappa shape index (κ2) is 5.26. The van der Waals surface area contributed by atoms with Gasteiger partial charge in [0, 0.05) is 5.88 Å². The topological polar surface area (TPSA) is 63.3 Å². The molecule has 58 valence electrons. The number of carbonyl (C=O) groups is 1. The largest absolute Gasteiger partial charge is 0.480 e. The van der Waals surface area contributed by atoms with Gasteiger partial charge in [0.2, 0.25) is 0 Å². The first-order chi connectivity index (χ1) is 4.68. The van der Waals surface area contributed by atoms with Gasteiger partial charge in [-0.25, -0.2) is 0 Å². The minimum Gasteiger partial charge on any atom is -0.480 e. The highest BCUT2D eigenvalue weighted by atomic mass is 35.5. The smallest absolute Gasteiger partial charge is 0.320 e. The number of allylic oxidation sites excluding steroid dienone is 1. The third-order valence-corrected chi connectivity index (χ3v) is 1.14. The summed E-state index contributed by atoms with van der Waals surface area (Å²) in [4.78, 5) is 10.1. The van der Waals surface area contributed by atoms with E-state index in [-0.39, 0.29) is 0 Å². The van der Waals surface area contributed by atoms with Crippen LogP contribution in [0.2, 0.25) is 0 Å². The molecule has 10 heavy (non-hydrogen) atoms. The van der Waals surface area contributed by atoms with Gasteiger partial charge in [0.05, 0.1) is 0 Å². The summed E-state index contributed by atoms with van der Waals surface area (Å²) in [5, 5.41) is 8.29. The van der Waals surface area contributed by atoms with E-state index in [1.54, 1.807) is 12.2 Å². The highest BCUT2D eigenvalue weighted by Crippen LogP contribution is 1.90. The van der Waals surface area contributed by atoms with Crippen LogP contribution < -0.4 is 5.73 Å². The third-order valence-electron chi connectivity index (χ3n) is 0.963. The fraction of sp³-hybridized carbons (Fsp3) is 0.500. The third kappa shape index (κ3) is 4.35. The van der Waals surface area contributed by atoms with Crippen LogP contribution in [0.5, 0.6) is 0 Å². The maximum Gasteiger partial charge on any atom is 0.320 e. The van der Waals surface area contributed by atoms with E-state index in [1.165, 1.54) is 0 Å². The number of aliphatic carboxylic acids is 1. The van der Waals surface area contributed by atoms with E-state index >= 15 is 0 Å². The average Bonchev–Trinajstić information content (AvgIpc) is 1.88. The molecule has 0 saturated heterocycles. The van der Waals surface area contributed by atoms with Crippen molar-refractivity contribution in [2.24, 2.45) is 5.73 Å². The molecule has 0 aliphatic carbocycles. The summed E-state index contributed by atoms with van der Waals surface area (Å²) in [6.45, 7) is 0. The Kier molecular flexibility index (Phi) is 4.98. The minimum atomic E-state index is -0.987. The van der Waals surface area contributed by atoms with Gasteiger partial charge >= 0.3 is 5.97 Å². The van der Waals surface area contributed by atoms with E-state index in [4.69, 9.17) is 22.4 Å². The van der Waals surface area contributed by atoms with E-state index in [1.807, 2.05) is 0 Å². The lowest BCUT2D eigenvalue weighted by atomic mass is 10.2. The Morgan fingerprint density at radius 3 is 2.70 bits per heavy atom. The first kappa shape index (κ1) is 9.46. The van der Waals surface area contributed by atoms with E-state index in [2.05, 4.69) is 0 Å². The number of rotatable bonds is 4. The number of nitrogens with two attached hydrogens (primary N) is 1. The van der Waals surface area contributed by atoms with Gasteiger partial charge in [-0.2, -0.15) is 0 Å². The Labute approximate surface area is 64.5 Å². The summed E-state index contributed by atoms with van der Waals surface area (Å²) in [6, 6.07) is -0.806. The van der Waals surface area contributed by atoms with Crippen molar-refractivity contribution in [1.29, 1.82) is 0 Å². The normalized spacial score (nSPS) is 13.8. The Morgan fingerprint density at radius 1 is 1.70 bits per heavy atom. The average molecular weight is 164 g/mol. The molecule has 0 fully saturated rings. The molecule has 0 aromatic rings. The van der Waals surface area contributed by atoms with E-state index < -0.39 is 12.0 Å². The summed E-state index contributed by atoms with van der Waals surface area (Å²) in [5.41, 5.74) is 5.16. The van der Waals surface area contributed by atoms with Crippen LogP contribution in [-0.2, 0) is 4.79 Å². The highest BCUT2D eigenvalue weighted by Gasteiger charge is 2.07. The van der Waals surface area contributed by atoms with E-state index in [0.717, 1.165) is 0 Å². The van der Waals surface area contributed by atoms with Crippen molar-refractivity contribution in [3.05, 3.63) is 12.2 Å². The van der Waals surface area contributed by atoms with Gasteiger partial charge in [0.25, 0.3) is 0 Å². The molecule has 0 aliphatic rings. The Bertz CT molecular complexity index is 136. The summed E-state index contributed by atoms with van der Waals surface area (Å²) in [6.07, 6.45) is 3.66. The molecule has 3 N–H and O–H groups in total. The zero-order valence-electron chi connectivity index (χ0n) is 5.46. The number of carboxylic acid groups (broad SMARTS) is 1. The fourth-order valence-corrected chi connectivity index (χ4v) is 0.533. The molecule has 0 radical (unpaired) electrons. The van der Waals surface area contributed by atoms with Gasteiger partial charge in [-0.3, -0.25) is 4.79 Å². The molecule has 0 aliphatic heterocycles. The van der Waals surface area contributed by atoms with Gasteiger partial charge in [0.15, 0.2) is 0 Å². The number of hydrogen-bond acceptors (Lipinski definition) is 2. The number of halogens is 1. The van der Waals surface area contributed by atoms with Gasteiger partial charge in [-0.15, -0.1) is 11.6 Å². The Morgan fingerprint density at radius 2 is 2.30 bits per heavy atom. The molecule has 0 bridgehead atoms. The second-order valence-corrected chi connectivity index (χ2v) is 2.11. The summed E-state index contributed by atoms with van der Waals surface area (Å²) in [7, 11) is 0. The van der Waals surface area contributed by atoms with E-state index in [9.17, 15) is 4.79 Å². The van der Waals surface area contributed by atoms with Gasteiger partial charge in [-0.05, 0) is 6.42 Å².